The summed E-state index contributed by atoms with van der Waals surface area (Å²) in [6, 6.07) is 17.7. The van der Waals surface area contributed by atoms with Gasteiger partial charge in [-0.3, -0.25) is 4.79 Å². The maximum absolute atomic E-state index is 12.2. The highest BCUT2D eigenvalue weighted by Gasteiger charge is 2.09. The fraction of sp³-hybridized carbons (Fsp3) is 0.111. The molecule has 4 heteroatoms. The number of carbonyl (C=O) groups is 1. The molecule has 1 amide bonds. The van der Waals surface area contributed by atoms with Crippen molar-refractivity contribution in [3.8, 4) is 5.69 Å². The molecule has 1 aromatic heterocycles. The van der Waals surface area contributed by atoms with Crippen LogP contribution in [0, 0.1) is 6.92 Å². The standard InChI is InChI=1S/C18H17N3O/c1-14-7-5-6-8-15(14)11-19-18(22)16-12-20-21(13-16)17-9-3-2-4-10-17/h2-10,12-13H,11H2,1H3,(H,19,22). The van der Waals surface area contributed by atoms with E-state index < -0.39 is 0 Å². The highest BCUT2D eigenvalue weighted by Crippen LogP contribution is 2.09. The zero-order valence-corrected chi connectivity index (χ0v) is 12.4. The Kier molecular flexibility index (Phi) is 4.01. The third kappa shape index (κ3) is 3.06. The lowest BCUT2D eigenvalue weighted by Crippen LogP contribution is -2.22. The molecule has 0 aliphatic rings. The fourth-order valence-corrected chi connectivity index (χ4v) is 2.25. The van der Waals surface area contributed by atoms with Crippen LogP contribution in [0.5, 0.6) is 0 Å². The van der Waals surface area contributed by atoms with Crippen molar-refractivity contribution in [1.29, 1.82) is 0 Å². The van der Waals surface area contributed by atoms with E-state index in [-0.39, 0.29) is 5.91 Å². The molecule has 1 heterocycles. The molecular formula is C18H17N3O. The van der Waals surface area contributed by atoms with E-state index in [0.717, 1.165) is 11.3 Å². The first-order valence-electron chi connectivity index (χ1n) is 7.17. The minimum Gasteiger partial charge on any atom is -0.348 e. The van der Waals surface area contributed by atoms with E-state index in [1.807, 2.05) is 61.5 Å². The molecule has 3 rings (SSSR count). The fourth-order valence-electron chi connectivity index (χ4n) is 2.25. The summed E-state index contributed by atoms with van der Waals surface area (Å²) in [5, 5.41) is 7.16. The van der Waals surface area contributed by atoms with Crippen LogP contribution in [0.2, 0.25) is 0 Å². The zero-order valence-electron chi connectivity index (χ0n) is 12.4. The molecule has 1 N–H and O–H groups in total. The van der Waals surface area contributed by atoms with Crippen LogP contribution in [0.3, 0.4) is 0 Å². The number of benzene rings is 2. The van der Waals surface area contributed by atoms with Gasteiger partial charge in [0.1, 0.15) is 0 Å². The van der Waals surface area contributed by atoms with E-state index in [2.05, 4.69) is 10.4 Å². The molecule has 110 valence electrons. The number of nitrogens with one attached hydrogen (secondary N) is 1. The first kappa shape index (κ1) is 14.1. The number of hydrogen-bond donors (Lipinski definition) is 1. The van der Waals surface area contributed by atoms with Gasteiger partial charge in [-0.1, -0.05) is 42.5 Å². The lowest BCUT2D eigenvalue weighted by Gasteiger charge is -2.06. The Morgan fingerprint density at radius 2 is 1.82 bits per heavy atom. The van der Waals surface area contributed by atoms with Gasteiger partial charge in [0.15, 0.2) is 0 Å². The van der Waals surface area contributed by atoms with E-state index in [1.165, 1.54) is 5.56 Å². The predicted octanol–water partition coefficient (Wildman–Crippen LogP) is 3.11. The number of aryl methyl sites for hydroxylation is 1. The Morgan fingerprint density at radius 1 is 1.09 bits per heavy atom. The summed E-state index contributed by atoms with van der Waals surface area (Å²) < 4.78 is 1.70. The quantitative estimate of drug-likeness (QED) is 0.803. The van der Waals surface area contributed by atoms with Crippen molar-refractivity contribution >= 4 is 5.91 Å². The van der Waals surface area contributed by atoms with Gasteiger partial charge in [0, 0.05) is 12.7 Å². The minimum atomic E-state index is -0.120. The van der Waals surface area contributed by atoms with Crippen LogP contribution >= 0.6 is 0 Å². The van der Waals surface area contributed by atoms with Crippen molar-refractivity contribution in [3.05, 3.63) is 83.7 Å². The number of carbonyl (C=O) groups excluding carboxylic acids is 1. The lowest BCUT2D eigenvalue weighted by atomic mass is 10.1. The molecule has 4 nitrogen and oxygen atoms in total. The summed E-state index contributed by atoms with van der Waals surface area (Å²) in [7, 11) is 0. The average molecular weight is 291 g/mol. The molecule has 0 atom stereocenters. The van der Waals surface area contributed by atoms with Crippen molar-refractivity contribution in [3.63, 3.8) is 0 Å². The Hall–Kier alpha value is -2.88. The molecule has 0 aliphatic heterocycles. The van der Waals surface area contributed by atoms with Crippen LogP contribution in [-0.4, -0.2) is 15.7 Å². The van der Waals surface area contributed by atoms with Gasteiger partial charge >= 0.3 is 0 Å². The predicted molar refractivity (Wildman–Crippen MR) is 85.9 cm³/mol. The molecule has 0 bridgehead atoms. The number of hydrogen-bond acceptors (Lipinski definition) is 2. The normalized spacial score (nSPS) is 10.4. The summed E-state index contributed by atoms with van der Waals surface area (Å²) in [6.45, 7) is 2.55. The van der Waals surface area contributed by atoms with Crippen LogP contribution < -0.4 is 5.32 Å². The third-order valence-corrected chi connectivity index (χ3v) is 3.57. The Bertz CT molecular complexity index is 778. The van der Waals surface area contributed by atoms with Crippen molar-refractivity contribution in [2.75, 3.05) is 0 Å². The molecule has 0 aliphatic carbocycles. The second kappa shape index (κ2) is 6.26. The molecular weight excluding hydrogens is 274 g/mol. The van der Waals surface area contributed by atoms with Crippen LogP contribution in [0.15, 0.2) is 67.0 Å². The molecule has 0 saturated carbocycles. The van der Waals surface area contributed by atoms with E-state index in [9.17, 15) is 4.79 Å². The molecule has 3 aromatic rings. The third-order valence-electron chi connectivity index (χ3n) is 3.57. The molecule has 0 spiro atoms. The number of aromatic nitrogens is 2. The highest BCUT2D eigenvalue weighted by molar-refractivity contribution is 5.93. The van der Waals surface area contributed by atoms with Crippen molar-refractivity contribution < 1.29 is 4.79 Å². The van der Waals surface area contributed by atoms with Crippen LogP contribution in [-0.2, 0) is 6.54 Å². The van der Waals surface area contributed by atoms with Gasteiger partial charge in [0.25, 0.3) is 5.91 Å². The largest absolute Gasteiger partial charge is 0.348 e. The maximum Gasteiger partial charge on any atom is 0.254 e. The lowest BCUT2D eigenvalue weighted by molar-refractivity contribution is 0.0951. The Morgan fingerprint density at radius 3 is 2.59 bits per heavy atom. The summed E-state index contributed by atoms with van der Waals surface area (Å²) in [6.07, 6.45) is 3.32. The summed E-state index contributed by atoms with van der Waals surface area (Å²) in [5.74, 6) is -0.120. The van der Waals surface area contributed by atoms with Gasteiger partial charge in [-0.25, -0.2) is 4.68 Å². The van der Waals surface area contributed by atoms with Gasteiger partial charge in [-0.15, -0.1) is 0 Å². The molecule has 0 saturated heterocycles. The van der Waals surface area contributed by atoms with Crippen molar-refractivity contribution in [2.45, 2.75) is 13.5 Å². The average Bonchev–Trinajstić information content (AvgIpc) is 3.05. The Labute approximate surface area is 129 Å². The Balaban J connectivity index is 1.69. The summed E-state index contributed by atoms with van der Waals surface area (Å²) in [4.78, 5) is 12.2. The van der Waals surface area contributed by atoms with Gasteiger partial charge < -0.3 is 5.32 Å². The van der Waals surface area contributed by atoms with Gasteiger partial charge in [-0.2, -0.15) is 5.10 Å². The topological polar surface area (TPSA) is 46.9 Å². The van der Waals surface area contributed by atoms with E-state index in [4.69, 9.17) is 0 Å². The first-order valence-corrected chi connectivity index (χ1v) is 7.17. The second-order valence-corrected chi connectivity index (χ2v) is 5.12. The SMILES string of the molecule is Cc1ccccc1CNC(=O)c1cnn(-c2ccccc2)c1. The monoisotopic (exact) mass is 291 g/mol. The number of amides is 1. The van der Waals surface area contributed by atoms with E-state index >= 15 is 0 Å². The van der Waals surface area contributed by atoms with Crippen LogP contribution in [0.25, 0.3) is 5.69 Å². The highest BCUT2D eigenvalue weighted by atomic mass is 16.1. The molecule has 0 fully saturated rings. The number of nitrogens with zero attached hydrogens (tertiary/aromatic N) is 2. The van der Waals surface area contributed by atoms with Crippen LogP contribution in [0.1, 0.15) is 21.5 Å². The van der Waals surface area contributed by atoms with Crippen molar-refractivity contribution in [2.24, 2.45) is 0 Å². The first-order chi connectivity index (χ1) is 10.7. The van der Waals surface area contributed by atoms with E-state index in [1.54, 1.807) is 17.1 Å². The van der Waals surface area contributed by atoms with E-state index in [0.29, 0.717) is 12.1 Å². The number of rotatable bonds is 4. The summed E-state index contributed by atoms with van der Waals surface area (Å²) >= 11 is 0. The maximum atomic E-state index is 12.2. The van der Waals surface area contributed by atoms with Gasteiger partial charge in [-0.05, 0) is 30.2 Å². The smallest absolute Gasteiger partial charge is 0.254 e. The molecule has 0 radical (unpaired) electrons. The second-order valence-electron chi connectivity index (χ2n) is 5.12. The minimum absolute atomic E-state index is 0.120. The van der Waals surface area contributed by atoms with Crippen molar-refractivity contribution in [1.82, 2.24) is 15.1 Å². The molecule has 0 unspecified atom stereocenters. The summed E-state index contributed by atoms with van der Waals surface area (Å²) in [5.41, 5.74) is 3.77. The number of para-hydroxylation sites is 1. The molecule has 22 heavy (non-hydrogen) atoms. The zero-order chi connectivity index (χ0) is 15.4. The van der Waals surface area contributed by atoms with Gasteiger partial charge in [0.2, 0.25) is 0 Å². The molecule has 2 aromatic carbocycles. The van der Waals surface area contributed by atoms with Crippen LogP contribution in [0.4, 0.5) is 0 Å². The van der Waals surface area contributed by atoms with Gasteiger partial charge in [0.05, 0.1) is 17.4 Å².